The maximum atomic E-state index is 12.6. The summed E-state index contributed by atoms with van der Waals surface area (Å²) in [6.45, 7) is 3.86. The number of piperazine rings is 1. The summed E-state index contributed by atoms with van der Waals surface area (Å²) >= 11 is 0. The van der Waals surface area contributed by atoms with Gasteiger partial charge < -0.3 is 20.4 Å². The number of amides is 3. The molecule has 0 bridgehead atoms. The minimum Gasteiger partial charge on any atom is -0.467 e. The molecule has 2 aliphatic rings. The summed E-state index contributed by atoms with van der Waals surface area (Å²) in [4.78, 5) is 41.3. The fraction of sp³-hybridized carbons (Fsp3) is 0.435. The highest BCUT2D eigenvalue weighted by molar-refractivity contribution is 6.04. The van der Waals surface area contributed by atoms with Crippen LogP contribution in [0.5, 0.6) is 0 Å². The number of benzene rings is 1. The van der Waals surface area contributed by atoms with Gasteiger partial charge >= 0.3 is 0 Å². The maximum absolute atomic E-state index is 12.6. The van der Waals surface area contributed by atoms with E-state index < -0.39 is 0 Å². The van der Waals surface area contributed by atoms with Crippen molar-refractivity contribution in [2.45, 2.75) is 25.4 Å². The van der Waals surface area contributed by atoms with Crippen LogP contribution in [0.15, 0.2) is 47.1 Å². The lowest BCUT2D eigenvalue weighted by Gasteiger charge is -2.33. The number of nitrogens with one attached hydrogen (secondary N) is 3. The Labute approximate surface area is 187 Å². The summed E-state index contributed by atoms with van der Waals surface area (Å²) in [5.41, 5.74) is 0.878. The van der Waals surface area contributed by atoms with Crippen LogP contribution in [0.1, 0.15) is 29.0 Å². The largest absolute Gasteiger partial charge is 0.467 e. The molecule has 1 aromatic heterocycles. The van der Waals surface area contributed by atoms with E-state index in [1.54, 1.807) is 42.7 Å². The zero-order chi connectivity index (χ0) is 22.3. The van der Waals surface area contributed by atoms with Crippen LogP contribution < -0.4 is 16.0 Å². The zero-order valence-corrected chi connectivity index (χ0v) is 18.0. The molecule has 9 nitrogen and oxygen atoms in total. The fourth-order valence-electron chi connectivity index (χ4n) is 3.67. The van der Waals surface area contributed by atoms with Gasteiger partial charge in [0.15, 0.2) is 0 Å². The quantitative estimate of drug-likeness (QED) is 0.539. The standard InChI is InChI=1S/C23H29N5O4/c29-21(25-17-7-8-17)15-27-9-11-28(12-10-27)16-22(30)26-20-6-2-1-5-19(20)23(31)24-14-18-4-3-13-32-18/h1-6,13,17H,7-12,14-16H2,(H,24,31)(H,25,29)(H,26,30). The van der Waals surface area contributed by atoms with E-state index in [-0.39, 0.29) is 30.8 Å². The van der Waals surface area contributed by atoms with E-state index in [1.165, 1.54) is 0 Å². The molecule has 4 rings (SSSR count). The second-order valence-electron chi connectivity index (χ2n) is 8.25. The molecule has 9 heteroatoms. The van der Waals surface area contributed by atoms with Gasteiger partial charge in [-0.1, -0.05) is 12.1 Å². The number of carbonyl (C=O) groups is 3. The number of para-hydroxylation sites is 1. The van der Waals surface area contributed by atoms with Crippen molar-refractivity contribution in [2.24, 2.45) is 0 Å². The molecular formula is C23H29N5O4. The molecule has 0 radical (unpaired) electrons. The Hall–Kier alpha value is -3.17. The molecule has 3 N–H and O–H groups in total. The molecule has 1 aliphatic heterocycles. The number of carbonyl (C=O) groups excluding carboxylic acids is 3. The average molecular weight is 440 g/mol. The van der Waals surface area contributed by atoms with Gasteiger partial charge in [0, 0.05) is 32.2 Å². The number of hydrogen-bond donors (Lipinski definition) is 3. The first-order valence-corrected chi connectivity index (χ1v) is 11.0. The molecule has 170 valence electrons. The Kier molecular flexibility index (Phi) is 7.18. The van der Waals surface area contributed by atoms with Gasteiger partial charge in [0.1, 0.15) is 5.76 Å². The molecule has 2 aromatic rings. The fourth-order valence-corrected chi connectivity index (χ4v) is 3.67. The Morgan fingerprint density at radius 3 is 2.25 bits per heavy atom. The molecule has 32 heavy (non-hydrogen) atoms. The average Bonchev–Trinajstić information content (AvgIpc) is 3.43. The lowest BCUT2D eigenvalue weighted by Crippen LogP contribution is -2.51. The third-order valence-corrected chi connectivity index (χ3v) is 5.59. The summed E-state index contributed by atoms with van der Waals surface area (Å²) in [5, 5.41) is 8.67. The highest BCUT2D eigenvalue weighted by atomic mass is 16.3. The first-order chi connectivity index (χ1) is 15.6. The molecule has 1 saturated heterocycles. The minimum atomic E-state index is -0.282. The van der Waals surface area contributed by atoms with Crippen molar-refractivity contribution >= 4 is 23.4 Å². The number of furan rings is 1. The van der Waals surface area contributed by atoms with Crippen LogP contribution in [-0.2, 0) is 16.1 Å². The lowest BCUT2D eigenvalue weighted by molar-refractivity contribution is -0.123. The Balaban J connectivity index is 1.23. The van der Waals surface area contributed by atoms with Gasteiger partial charge in [-0.15, -0.1) is 0 Å². The van der Waals surface area contributed by atoms with Crippen molar-refractivity contribution < 1.29 is 18.8 Å². The van der Waals surface area contributed by atoms with Gasteiger partial charge in [0.2, 0.25) is 11.8 Å². The molecule has 1 aliphatic carbocycles. The van der Waals surface area contributed by atoms with Gasteiger partial charge in [-0.05, 0) is 37.1 Å². The van der Waals surface area contributed by atoms with Gasteiger partial charge in [-0.3, -0.25) is 24.2 Å². The smallest absolute Gasteiger partial charge is 0.253 e. The van der Waals surface area contributed by atoms with Crippen molar-refractivity contribution in [3.8, 4) is 0 Å². The topological polar surface area (TPSA) is 107 Å². The van der Waals surface area contributed by atoms with Crippen molar-refractivity contribution in [2.75, 3.05) is 44.6 Å². The van der Waals surface area contributed by atoms with E-state index >= 15 is 0 Å². The van der Waals surface area contributed by atoms with Crippen LogP contribution in [0.4, 0.5) is 5.69 Å². The Morgan fingerprint density at radius 1 is 0.906 bits per heavy atom. The second-order valence-corrected chi connectivity index (χ2v) is 8.25. The van der Waals surface area contributed by atoms with Crippen LogP contribution in [0, 0.1) is 0 Å². The maximum Gasteiger partial charge on any atom is 0.253 e. The highest BCUT2D eigenvalue weighted by Crippen LogP contribution is 2.18. The van der Waals surface area contributed by atoms with E-state index in [4.69, 9.17) is 4.42 Å². The molecule has 1 saturated carbocycles. The van der Waals surface area contributed by atoms with Crippen LogP contribution in [0.2, 0.25) is 0 Å². The van der Waals surface area contributed by atoms with Crippen molar-refractivity contribution in [3.05, 3.63) is 54.0 Å². The minimum absolute atomic E-state index is 0.0839. The number of anilines is 1. The number of nitrogens with zero attached hydrogens (tertiary/aromatic N) is 2. The van der Waals surface area contributed by atoms with Gasteiger partial charge in [0.25, 0.3) is 5.91 Å². The number of rotatable bonds is 9. The van der Waals surface area contributed by atoms with Crippen molar-refractivity contribution in [1.29, 1.82) is 0 Å². The van der Waals surface area contributed by atoms with Crippen LogP contribution in [0.25, 0.3) is 0 Å². The summed E-state index contributed by atoms with van der Waals surface area (Å²) in [7, 11) is 0. The third kappa shape index (κ3) is 6.41. The molecular weight excluding hydrogens is 410 g/mol. The predicted octanol–water partition coefficient (Wildman–Crippen LogP) is 1.04. The molecule has 0 atom stereocenters. The first kappa shape index (κ1) is 22.0. The van der Waals surface area contributed by atoms with E-state index in [2.05, 4.69) is 25.8 Å². The van der Waals surface area contributed by atoms with Crippen molar-refractivity contribution in [3.63, 3.8) is 0 Å². The van der Waals surface area contributed by atoms with Gasteiger partial charge in [-0.2, -0.15) is 0 Å². The zero-order valence-electron chi connectivity index (χ0n) is 18.0. The van der Waals surface area contributed by atoms with E-state index in [0.717, 1.165) is 39.0 Å². The highest BCUT2D eigenvalue weighted by Gasteiger charge is 2.25. The Morgan fingerprint density at radius 2 is 1.59 bits per heavy atom. The van der Waals surface area contributed by atoms with Gasteiger partial charge in [-0.25, -0.2) is 0 Å². The van der Waals surface area contributed by atoms with Crippen molar-refractivity contribution in [1.82, 2.24) is 20.4 Å². The third-order valence-electron chi connectivity index (χ3n) is 5.59. The van der Waals surface area contributed by atoms with E-state index in [9.17, 15) is 14.4 Å². The van der Waals surface area contributed by atoms with Crippen LogP contribution in [-0.4, -0.2) is 72.8 Å². The summed E-state index contributed by atoms with van der Waals surface area (Å²) in [6.07, 6.45) is 3.73. The molecule has 2 heterocycles. The summed E-state index contributed by atoms with van der Waals surface area (Å²) < 4.78 is 5.23. The number of hydrogen-bond acceptors (Lipinski definition) is 6. The summed E-state index contributed by atoms with van der Waals surface area (Å²) in [6, 6.07) is 10.9. The first-order valence-electron chi connectivity index (χ1n) is 11.0. The SMILES string of the molecule is O=C(CN1CCN(CC(=O)NC2CC2)CC1)Nc1ccccc1C(=O)NCc1ccco1. The van der Waals surface area contributed by atoms with Crippen LogP contribution >= 0.6 is 0 Å². The van der Waals surface area contributed by atoms with E-state index in [1.807, 2.05) is 0 Å². The second kappa shape index (κ2) is 10.4. The molecule has 0 unspecified atom stereocenters. The Bertz CT molecular complexity index is 934. The molecule has 3 amide bonds. The normalized spacial score (nSPS) is 17.0. The summed E-state index contributed by atoms with van der Waals surface area (Å²) in [5.74, 6) is 0.288. The molecule has 0 spiro atoms. The molecule has 1 aromatic carbocycles. The van der Waals surface area contributed by atoms with E-state index in [0.29, 0.717) is 29.6 Å². The van der Waals surface area contributed by atoms with Gasteiger partial charge in [0.05, 0.1) is 37.1 Å². The lowest BCUT2D eigenvalue weighted by atomic mass is 10.1. The van der Waals surface area contributed by atoms with Crippen LogP contribution in [0.3, 0.4) is 0 Å². The monoisotopic (exact) mass is 439 g/mol. The predicted molar refractivity (Wildman–Crippen MR) is 119 cm³/mol. The molecule has 2 fully saturated rings.